The Morgan fingerprint density at radius 2 is 1.96 bits per heavy atom. The number of rotatable bonds is 6. The van der Waals surface area contributed by atoms with Gasteiger partial charge in [0.2, 0.25) is 5.91 Å². The van der Waals surface area contributed by atoms with Crippen molar-refractivity contribution < 1.29 is 18.4 Å². The van der Waals surface area contributed by atoms with E-state index in [1.807, 2.05) is 5.38 Å². The number of nitrogens with one attached hydrogen (secondary N) is 1. The Hall–Kier alpha value is -2.32. The van der Waals surface area contributed by atoms with Crippen LogP contribution in [0.5, 0.6) is 0 Å². The van der Waals surface area contributed by atoms with Crippen molar-refractivity contribution in [3.63, 3.8) is 0 Å². The summed E-state index contributed by atoms with van der Waals surface area (Å²) in [6, 6.07) is 6.03. The molecule has 0 radical (unpaired) electrons. The van der Waals surface area contributed by atoms with Crippen molar-refractivity contribution in [3.8, 4) is 0 Å². The molecule has 8 heteroatoms. The van der Waals surface area contributed by atoms with Gasteiger partial charge in [0.15, 0.2) is 0 Å². The van der Waals surface area contributed by atoms with E-state index in [0.29, 0.717) is 17.8 Å². The number of benzene rings is 1. The minimum Gasteiger partial charge on any atom is -0.352 e. The molecule has 0 aliphatic carbocycles. The summed E-state index contributed by atoms with van der Waals surface area (Å²) < 4.78 is 28.4. The fraction of sp³-hybridized carbons (Fsp3) is 0.400. The summed E-state index contributed by atoms with van der Waals surface area (Å²) in [6.45, 7) is 0.565. The summed E-state index contributed by atoms with van der Waals surface area (Å²) in [7, 11) is 3.40. The van der Waals surface area contributed by atoms with Crippen LogP contribution in [0.1, 0.15) is 34.1 Å². The molecule has 2 atom stereocenters. The number of carbonyl (C=O) groups is 2. The molecule has 1 aliphatic heterocycles. The molecule has 0 saturated carbocycles. The van der Waals surface area contributed by atoms with Gasteiger partial charge in [-0.3, -0.25) is 9.59 Å². The molecule has 1 fully saturated rings. The standard InChI is InChI=1S/C20H23F2N3O2S/c1-24(2)16(18-13(21)6-3-7-14(18)22)12-23-19(26)15-8-4-10-25(15)20(27)17-9-5-11-28-17/h3,5-7,9,11,15-16H,4,8,10,12H2,1-2H3,(H,23,26)/t15-,16?/m0/s1. The van der Waals surface area contributed by atoms with E-state index in [4.69, 9.17) is 0 Å². The summed E-state index contributed by atoms with van der Waals surface area (Å²) >= 11 is 1.34. The summed E-state index contributed by atoms with van der Waals surface area (Å²) in [5, 5.41) is 4.61. The third-order valence-corrected chi connectivity index (χ3v) is 5.83. The molecule has 28 heavy (non-hydrogen) atoms. The van der Waals surface area contributed by atoms with Crippen molar-refractivity contribution in [3.05, 3.63) is 57.8 Å². The molecule has 1 unspecified atom stereocenters. The summed E-state index contributed by atoms with van der Waals surface area (Å²) in [4.78, 5) is 29.2. The van der Waals surface area contributed by atoms with Gasteiger partial charge in [-0.25, -0.2) is 8.78 Å². The second kappa shape index (κ2) is 8.79. The topological polar surface area (TPSA) is 52.7 Å². The number of halogens is 2. The average molecular weight is 407 g/mol. The van der Waals surface area contributed by atoms with E-state index < -0.39 is 23.7 Å². The Labute approximate surface area is 166 Å². The van der Waals surface area contributed by atoms with E-state index in [9.17, 15) is 18.4 Å². The van der Waals surface area contributed by atoms with Crippen LogP contribution in [0.15, 0.2) is 35.7 Å². The number of likely N-dealkylation sites (tertiary alicyclic amines) is 1. The molecule has 0 spiro atoms. The second-order valence-electron chi connectivity index (χ2n) is 6.99. The van der Waals surface area contributed by atoms with E-state index in [1.165, 1.54) is 29.5 Å². The average Bonchev–Trinajstić information content (AvgIpc) is 3.35. The number of carbonyl (C=O) groups excluding carboxylic acids is 2. The van der Waals surface area contributed by atoms with Crippen molar-refractivity contribution in [1.82, 2.24) is 15.1 Å². The number of nitrogens with zero attached hydrogens (tertiary/aromatic N) is 2. The quantitative estimate of drug-likeness (QED) is 0.801. The van der Waals surface area contributed by atoms with Gasteiger partial charge >= 0.3 is 0 Å². The lowest BCUT2D eigenvalue weighted by Gasteiger charge is -2.28. The van der Waals surface area contributed by atoms with Gasteiger partial charge in [0.05, 0.1) is 10.9 Å². The molecular weight excluding hydrogens is 384 g/mol. The Morgan fingerprint density at radius 3 is 2.57 bits per heavy atom. The molecule has 1 saturated heterocycles. The highest BCUT2D eigenvalue weighted by molar-refractivity contribution is 7.12. The third-order valence-electron chi connectivity index (χ3n) is 4.97. The fourth-order valence-electron chi connectivity index (χ4n) is 3.51. The monoisotopic (exact) mass is 407 g/mol. The first kappa shape index (κ1) is 20.4. The highest BCUT2D eigenvalue weighted by Crippen LogP contribution is 2.25. The molecule has 3 rings (SSSR count). The van der Waals surface area contributed by atoms with Crippen molar-refractivity contribution in [2.24, 2.45) is 0 Å². The molecule has 1 aliphatic rings. The highest BCUT2D eigenvalue weighted by Gasteiger charge is 2.35. The number of amides is 2. The van der Waals surface area contributed by atoms with Crippen LogP contribution in [0, 0.1) is 11.6 Å². The van der Waals surface area contributed by atoms with Gasteiger partial charge in [0.25, 0.3) is 5.91 Å². The van der Waals surface area contributed by atoms with Crippen LogP contribution in [-0.2, 0) is 4.79 Å². The summed E-state index contributed by atoms with van der Waals surface area (Å²) in [5.74, 6) is -1.76. The maximum absolute atomic E-state index is 14.2. The minimum absolute atomic E-state index is 0.0429. The third kappa shape index (κ3) is 4.23. The molecule has 2 aromatic rings. The van der Waals surface area contributed by atoms with E-state index in [1.54, 1.807) is 36.0 Å². The maximum Gasteiger partial charge on any atom is 0.264 e. The van der Waals surface area contributed by atoms with Crippen molar-refractivity contribution in [2.75, 3.05) is 27.2 Å². The second-order valence-corrected chi connectivity index (χ2v) is 7.94. The smallest absolute Gasteiger partial charge is 0.264 e. The molecule has 2 heterocycles. The Morgan fingerprint density at radius 1 is 1.25 bits per heavy atom. The first-order valence-electron chi connectivity index (χ1n) is 9.12. The number of hydrogen-bond donors (Lipinski definition) is 1. The van der Waals surface area contributed by atoms with Gasteiger partial charge in [-0.05, 0) is 50.5 Å². The SMILES string of the molecule is CN(C)C(CNC(=O)[C@@H]1CCCN1C(=O)c1cccs1)c1c(F)cccc1F. The molecule has 5 nitrogen and oxygen atoms in total. The van der Waals surface area contributed by atoms with Crippen molar-refractivity contribution in [1.29, 1.82) is 0 Å². The summed E-state index contributed by atoms with van der Waals surface area (Å²) in [5.41, 5.74) is -0.0780. The van der Waals surface area contributed by atoms with Crippen LogP contribution in [0.2, 0.25) is 0 Å². The van der Waals surface area contributed by atoms with Crippen LogP contribution in [-0.4, -0.2) is 54.8 Å². The van der Waals surface area contributed by atoms with E-state index >= 15 is 0 Å². The molecule has 1 aromatic carbocycles. The van der Waals surface area contributed by atoms with Crippen LogP contribution in [0.4, 0.5) is 8.78 Å². The van der Waals surface area contributed by atoms with Gasteiger partial charge < -0.3 is 15.1 Å². The molecule has 2 amide bonds. The predicted octanol–water partition coefficient (Wildman–Crippen LogP) is 3.05. The van der Waals surface area contributed by atoms with Crippen molar-refractivity contribution >= 4 is 23.2 Å². The molecule has 1 aromatic heterocycles. The first-order chi connectivity index (χ1) is 13.4. The lowest BCUT2D eigenvalue weighted by Crippen LogP contribution is -2.47. The molecule has 1 N–H and O–H groups in total. The minimum atomic E-state index is -0.659. The van der Waals surface area contributed by atoms with E-state index in [2.05, 4.69) is 5.32 Å². The van der Waals surface area contributed by atoms with Crippen LogP contribution < -0.4 is 5.32 Å². The molecule has 150 valence electrons. The predicted molar refractivity (Wildman–Crippen MR) is 104 cm³/mol. The van der Waals surface area contributed by atoms with Crippen molar-refractivity contribution in [2.45, 2.75) is 24.9 Å². The molecule has 0 bridgehead atoms. The molecular formula is C20H23F2N3O2S. The zero-order valence-corrected chi connectivity index (χ0v) is 16.6. The lowest BCUT2D eigenvalue weighted by molar-refractivity contribution is -0.125. The van der Waals surface area contributed by atoms with Gasteiger partial charge in [-0.2, -0.15) is 0 Å². The fourth-order valence-corrected chi connectivity index (χ4v) is 4.19. The number of likely N-dealkylation sites (N-methyl/N-ethyl adjacent to an activating group) is 1. The Balaban J connectivity index is 1.70. The number of hydrogen-bond acceptors (Lipinski definition) is 4. The largest absolute Gasteiger partial charge is 0.352 e. The lowest BCUT2D eigenvalue weighted by atomic mass is 10.0. The normalized spacial score (nSPS) is 17.8. The Kier molecular flexibility index (Phi) is 6.41. The van der Waals surface area contributed by atoms with Gasteiger partial charge in [0.1, 0.15) is 17.7 Å². The first-order valence-corrected chi connectivity index (χ1v) is 10.0. The van der Waals surface area contributed by atoms with Crippen LogP contribution >= 0.6 is 11.3 Å². The van der Waals surface area contributed by atoms with E-state index in [0.717, 1.165) is 6.42 Å². The Bertz CT molecular complexity index is 822. The van der Waals surface area contributed by atoms with Gasteiger partial charge in [-0.15, -0.1) is 11.3 Å². The van der Waals surface area contributed by atoms with Crippen LogP contribution in [0.25, 0.3) is 0 Å². The number of thiophene rings is 1. The van der Waals surface area contributed by atoms with Crippen LogP contribution in [0.3, 0.4) is 0 Å². The zero-order chi connectivity index (χ0) is 20.3. The maximum atomic E-state index is 14.2. The van der Waals surface area contributed by atoms with E-state index in [-0.39, 0.29) is 23.9 Å². The zero-order valence-electron chi connectivity index (χ0n) is 15.8. The summed E-state index contributed by atoms with van der Waals surface area (Å²) in [6.07, 6.45) is 1.32. The van der Waals surface area contributed by atoms with Gasteiger partial charge in [-0.1, -0.05) is 12.1 Å². The van der Waals surface area contributed by atoms with Gasteiger partial charge in [0, 0.05) is 18.7 Å². The highest BCUT2D eigenvalue weighted by atomic mass is 32.1.